The first-order valence-corrected chi connectivity index (χ1v) is 10.7. The lowest BCUT2D eigenvalue weighted by Crippen LogP contribution is -2.54. The predicted octanol–water partition coefficient (Wildman–Crippen LogP) is 3.07. The Kier molecular flexibility index (Phi) is 8.04. The molecule has 0 aromatic heterocycles. The Morgan fingerprint density at radius 3 is 2.38 bits per heavy atom. The maximum atomic E-state index is 13.9. The highest BCUT2D eigenvalue weighted by atomic mass is 35.5. The van der Waals surface area contributed by atoms with Crippen molar-refractivity contribution in [1.82, 2.24) is 14.7 Å². The topological polar surface area (TPSA) is 69.9 Å². The predicted molar refractivity (Wildman–Crippen MR) is 119 cm³/mol. The fourth-order valence-corrected chi connectivity index (χ4v) is 4.37. The third-order valence-corrected chi connectivity index (χ3v) is 6.08. The molecule has 2 aromatic carbocycles. The van der Waals surface area contributed by atoms with Gasteiger partial charge in [-0.1, -0.05) is 12.1 Å². The maximum Gasteiger partial charge on any atom is 0.320 e. The van der Waals surface area contributed by atoms with Gasteiger partial charge in [-0.2, -0.15) is 0 Å². The van der Waals surface area contributed by atoms with E-state index < -0.39 is 23.5 Å². The summed E-state index contributed by atoms with van der Waals surface area (Å²) in [5.74, 6) is -3.94. The van der Waals surface area contributed by atoms with E-state index in [-0.39, 0.29) is 54.6 Å². The first-order valence-electron chi connectivity index (χ1n) is 10.7. The summed E-state index contributed by atoms with van der Waals surface area (Å²) in [5, 5.41) is 0. The minimum Gasteiger partial charge on any atom is -0.339 e. The monoisotopic (exact) mass is 500 g/mol. The molecule has 1 unspecified atom stereocenters. The highest BCUT2D eigenvalue weighted by Crippen LogP contribution is 2.23. The second kappa shape index (κ2) is 10.6. The van der Waals surface area contributed by atoms with Gasteiger partial charge in [0.25, 0.3) is 0 Å². The number of hydrogen-bond donors (Lipinski definition) is 1. The molecule has 0 aliphatic carbocycles. The minimum atomic E-state index is -1.28. The number of amides is 3. The van der Waals surface area contributed by atoms with Crippen LogP contribution in [0.2, 0.25) is 0 Å². The van der Waals surface area contributed by atoms with E-state index in [1.807, 2.05) is 0 Å². The maximum absolute atomic E-state index is 13.9. The van der Waals surface area contributed by atoms with E-state index in [9.17, 15) is 27.2 Å². The molecule has 2 aliphatic rings. The molecule has 4 rings (SSSR count). The number of urea groups is 1. The molecule has 2 N–H and O–H groups in total. The number of nitrogens with zero attached hydrogens (tertiary/aromatic N) is 3. The van der Waals surface area contributed by atoms with Gasteiger partial charge in [0.05, 0.1) is 6.04 Å². The molecule has 0 spiro atoms. The van der Waals surface area contributed by atoms with Gasteiger partial charge in [0.2, 0.25) is 5.91 Å². The van der Waals surface area contributed by atoms with Crippen LogP contribution >= 0.6 is 12.4 Å². The van der Waals surface area contributed by atoms with E-state index in [0.717, 1.165) is 11.6 Å². The third-order valence-electron chi connectivity index (χ3n) is 6.08. The summed E-state index contributed by atoms with van der Waals surface area (Å²) in [6.07, 6.45) is -0.194. The Labute approximate surface area is 200 Å². The van der Waals surface area contributed by atoms with Gasteiger partial charge in [-0.25, -0.2) is 22.4 Å². The Hall–Kier alpha value is -2.85. The number of nitrogens with two attached hydrogens (primary N) is 1. The van der Waals surface area contributed by atoms with Crippen LogP contribution in [0.25, 0.3) is 0 Å². The molecule has 2 atom stereocenters. The van der Waals surface area contributed by atoms with Gasteiger partial charge < -0.3 is 20.4 Å². The zero-order valence-corrected chi connectivity index (χ0v) is 19.0. The van der Waals surface area contributed by atoms with Crippen LogP contribution in [-0.2, 0) is 17.8 Å². The number of carbonyl (C=O) groups is 2. The molecule has 3 amide bonds. The summed E-state index contributed by atoms with van der Waals surface area (Å²) in [7, 11) is 0. The molecule has 6 nitrogen and oxygen atoms in total. The van der Waals surface area contributed by atoms with Crippen LogP contribution in [0.4, 0.5) is 22.4 Å². The summed E-state index contributed by atoms with van der Waals surface area (Å²) in [4.78, 5) is 30.5. The molecule has 11 heteroatoms. The molecule has 2 heterocycles. The summed E-state index contributed by atoms with van der Waals surface area (Å²) < 4.78 is 53.5. The van der Waals surface area contributed by atoms with Crippen molar-refractivity contribution < 1.29 is 27.2 Å². The Bertz CT molecular complexity index is 1060. The van der Waals surface area contributed by atoms with Crippen molar-refractivity contribution in [3.05, 3.63) is 70.8 Å². The van der Waals surface area contributed by atoms with Crippen molar-refractivity contribution in [1.29, 1.82) is 0 Å². The number of rotatable bonds is 6. The zero-order chi connectivity index (χ0) is 23.7. The van der Waals surface area contributed by atoms with Gasteiger partial charge in [0.15, 0.2) is 11.6 Å². The first-order chi connectivity index (χ1) is 15.7. The molecule has 2 aromatic rings. The standard InChI is InChI=1S/C23H24F4N4O2.ClH/c24-16-3-1-14(2-4-16)11-30-13-18-12-29(5-6-31(18)23(30)33)22(32)9-17(28)7-15-8-20(26)21(27)10-19(15)25;/h1-4,8,10,17-18H,5-7,9,11-13,28H2;1H/t17-,18?;/m1./s1. The van der Waals surface area contributed by atoms with E-state index in [2.05, 4.69) is 0 Å². The van der Waals surface area contributed by atoms with Crippen molar-refractivity contribution >= 4 is 24.3 Å². The van der Waals surface area contributed by atoms with E-state index in [0.29, 0.717) is 38.8 Å². The Morgan fingerprint density at radius 1 is 1.00 bits per heavy atom. The molecule has 34 heavy (non-hydrogen) atoms. The summed E-state index contributed by atoms with van der Waals surface area (Å²) in [6.45, 7) is 1.85. The lowest BCUT2D eigenvalue weighted by Gasteiger charge is -2.36. The first kappa shape index (κ1) is 25.8. The van der Waals surface area contributed by atoms with Crippen LogP contribution in [-0.4, -0.2) is 64.9 Å². The van der Waals surface area contributed by atoms with Crippen molar-refractivity contribution in [2.75, 3.05) is 26.2 Å². The van der Waals surface area contributed by atoms with Crippen LogP contribution in [0, 0.1) is 23.3 Å². The number of piperazine rings is 1. The molecule has 0 bridgehead atoms. The highest BCUT2D eigenvalue weighted by molar-refractivity contribution is 5.85. The van der Waals surface area contributed by atoms with Gasteiger partial charge in [-0.15, -0.1) is 12.4 Å². The lowest BCUT2D eigenvalue weighted by molar-refractivity contribution is -0.133. The Morgan fingerprint density at radius 2 is 1.68 bits per heavy atom. The van der Waals surface area contributed by atoms with Gasteiger partial charge in [0, 0.05) is 51.3 Å². The van der Waals surface area contributed by atoms with Crippen LogP contribution in [0.3, 0.4) is 0 Å². The third kappa shape index (κ3) is 5.61. The highest BCUT2D eigenvalue weighted by Gasteiger charge is 2.41. The van der Waals surface area contributed by atoms with Gasteiger partial charge in [-0.3, -0.25) is 4.79 Å². The van der Waals surface area contributed by atoms with Crippen LogP contribution in [0.5, 0.6) is 0 Å². The molecule has 2 saturated heterocycles. The van der Waals surface area contributed by atoms with Gasteiger partial charge >= 0.3 is 6.03 Å². The average molecular weight is 501 g/mol. The van der Waals surface area contributed by atoms with E-state index in [1.165, 1.54) is 12.1 Å². The molecule has 0 saturated carbocycles. The number of hydrogen-bond acceptors (Lipinski definition) is 3. The smallest absolute Gasteiger partial charge is 0.320 e. The summed E-state index contributed by atoms with van der Waals surface area (Å²) in [5.41, 5.74) is 6.71. The van der Waals surface area contributed by atoms with E-state index >= 15 is 0 Å². The molecule has 0 radical (unpaired) electrons. The molecule has 2 aliphatic heterocycles. The van der Waals surface area contributed by atoms with Crippen LogP contribution < -0.4 is 5.73 Å². The molecular formula is C23H25ClF4N4O2. The lowest BCUT2D eigenvalue weighted by atomic mass is 10.0. The van der Waals surface area contributed by atoms with Crippen molar-refractivity contribution in [2.45, 2.75) is 31.5 Å². The quantitative estimate of drug-likeness (QED) is 0.489. The SMILES string of the molecule is Cl.N[C@@H](CC(=O)N1CCN2C(=O)N(Cc3ccc(F)cc3)CC2C1)Cc1cc(F)c(F)cc1F. The normalized spacial score (nSPS) is 18.6. The largest absolute Gasteiger partial charge is 0.339 e. The zero-order valence-electron chi connectivity index (χ0n) is 18.2. The average Bonchev–Trinajstić information content (AvgIpc) is 3.08. The second-order valence-corrected chi connectivity index (χ2v) is 8.50. The number of benzene rings is 2. The fourth-order valence-electron chi connectivity index (χ4n) is 4.37. The Balaban J connectivity index is 0.00000324. The summed E-state index contributed by atoms with van der Waals surface area (Å²) in [6, 6.07) is 6.12. The van der Waals surface area contributed by atoms with Crippen LogP contribution in [0.1, 0.15) is 17.5 Å². The summed E-state index contributed by atoms with van der Waals surface area (Å²) >= 11 is 0. The van der Waals surface area contributed by atoms with Gasteiger partial charge in [-0.05, 0) is 35.7 Å². The van der Waals surface area contributed by atoms with Crippen molar-refractivity contribution in [2.24, 2.45) is 5.73 Å². The molecule has 2 fully saturated rings. The number of halogens is 5. The molecule has 184 valence electrons. The molecular weight excluding hydrogens is 476 g/mol. The van der Waals surface area contributed by atoms with Gasteiger partial charge in [0.1, 0.15) is 11.6 Å². The minimum absolute atomic E-state index is 0. The number of fused-ring (bicyclic) bond motifs is 1. The van der Waals surface area contributed by atoms with E-state index in [1.54, 1.807) is 26.8 Å². The second-order valence-electron chi connectivity index (χ2n) is 8.50. The van der Waals surface area contributed by atoms with Crippen molar-refractivity contribution in [3.8, 4) is 0 Å². The van der Waals surface area contributed by atoms with Crippen molar-refractivity contribution in [3.63, 3.8) is 0 Å². The number of carbonyl (C=O) groups excluding carboxylic acids is 2. The van der Waals surface area contributed by atoms with E-state index in [4.69, 9.17) is 5.73 Å². The van der Waals surface area contributed by atoms with Crippen LogP contribution in [0.15, 0.2) is 36.4 Å². The fraction of sp³-hybridized carbons (Fsp3) is 0.391.